The molecule has 7 nitrogen and oxygen atoms in total. The molecule has 0 bridgehead atoms. The quantitative estimate of drug-likeness (QED) is 0.634. The van der Waals surface area contributed by atoms with Crippen molar-refractivity contribution in [2.24, 2.45) is 0 Å². The summed E-state index contributed by atoms with van der Waals surface area (Å²) in [6, 6.07) is 9.51. The largest absolute Gasteiger partial charge is 0.454 e. The Labute approximate surface area is 165 Å². The first-order valence-electron chi connectivity index (χ1n) is 8.84. The minimum atomic E-state index is -1.12. The molecule has 3 amide bonds. The van der Waals surface area contributed by atoms with Crippen LogP contribution in [0.4, 0.5) is 4.79 Å². The summed E-state index contributed by atoms with van der Waals surface area (Å²) in [6.07, 6.45) is 1.08. The van der Waals surface area contributed by atoms with E-state index in [9.17, 15) is 14.4 Å². The van der Waals surface area contributed by atoms with E-state index in [0.29, 0.717) is 34.9 Å². The number of aryl methyl sites for hydroxylation is 1. The highest BCUT2D eigenvalue weighted by atomic mass is 35.5. The molecule has 142 valence electrons. The topological polar surface area (TPSA) is 84.9 Å². The summed E-state index contributed by atoms with van der Waals surface area (Å²) in [5.74, 6) is 0.272. The molecule has 0 aromatic heterocycles. The molecule has 0 saturated carbocycles. The molecule has 1 spiro atoms. The van der Waals surface area contributed by atoms with Crippen LogP contribution in [-0.4, -0.2) is 36.0 Å². The number of nitrogens with zero attached hydrogens (tertiary/aromatic N) is 1. The number of benzene rings is 2. The number of nitrogens with one attached hydrogen (secondary N) is 1. The highest BCUT2D eigenvalue weighted by molar-refractivity contribution is 6.30. The number of imide groups is 1. The number of carbonyl (C=O) groups is 3. The molecule has 1 N–H and O–H groups in total. The van der Waals surface area contributed by atoms with Gasteiger partial charge in [0.1, 0.15) is 5.54 Å². The van der Waals surface area contributed by atoms with Crippen LogP contribution in [0.1, 0.15) is 27.9 Å². The summed E-state index contributed by atoms with van der Waals surface area (Å²) < 4.78 is 10.5. The lowest BCUT2D eigenvalue weighted by atomic mass is 9.92. The number of ketones is 1. The van der Waals surface area contributed by atoms with Gasteiger partial charge in [0, 0.05) is 10.6 Å². The molecule has 1 saturated heterocycles. The van der Waals surface area contributed by atoms with Crippen LogP contribution in [0, 0.1) is 0 Å². The first kappa shape index (κ1) is 17.1. The predicted molar refractivity (Wildman–Crippen MR) is 98.6 cm³/mol. The number of amides is 3. The molecule has 0 unspecified atom stereocenters. The lowest BCUT2D eigenvalue weighted by Gasteiger charge is -2.22. The highest BCUT2D eigenvalue weighted by Crippen LogP contribution is 2.42. The second-order valence-corrected chi connectivity index (χ2v) is 7.46. The van der Waals surface area contributed by atoms with Crippen molar-refractivity contribution in [3.05, 3.63) is 58.1 Å². The molecule has 2 heterocycles. The molecule has 1 aliphatic carbocycles. The zero-order valence-corrected chi connectivity index (χ0v) is 15.4. The molecule has 3 aliphatic rings. The summed E-state index contributed by atoms with van der Waals surface area (Å²) in [5.41, 5.74) is 0.911. The first-order valence-corrected chi connectivity index (χ1v) is 9.22. The summed E-state index contributed by atoms with van der Waals surface area (Å²) >= 11 is 6.04. The van der Waals surface area contributed by atoms with Gasteiger partial charge in [-0.25, -0.2) is 4.79 Å². The van der Waals surface area contributed by atoms with Crippen molar-refractivity contribution in [1.82, 2.24) is 10.2 Å². The minimum absolute atomic E-state index is 0.103. The van der Waals surface area contributed by atoms with E-state index in [1.807, 2.05) is 6.07 Å². The van der Waals surface area contributed by atoms with Gasteiger partial charge in [0.15, 0.2) is 17.3 Å². The molecule has 2 aromatic rings. The van der Waals surface area contributed by atoms with Gasteiger partial charge >= 0.3 is 6.03 Å². The fourth-order valence-electron chi connectivity index (χ4n) is 4.07. The van der Waals surface area contributed by atoms with Crippen molar-refractivity contribution in [1.29, 1.82) is 0 Å². The predicted octanol–water partition coefficient (Wildman–Crippen LogP) is 2.64. The number of rotatable bonds is 3. The summed E-state index contributed by atoms with van der Waals surface area (Å²) in [4.78, 5) is 39.4. The average molecular weight is 399 g/mol. The smallest absolute Gasteiger partial charge is 0.325 e. The summed E-state index contributed by atoms with van der Waals surface area (Å²) in [5, 5.41) is 3.39. The fraction of sp³-hybridized carbons (Fsp3) is 0.250. The third kappa shape index (κ3) is 2.39. The van der Waals surface area contributed by atoms with Crippen molar-refractivity contribution in [3.8, 4) is 11.5 Å². The second-order valence-electron chi connectivity index (χ2n) is 7.02. The van der Waals surface area contributed by atoms with Crippen molar-refractivity contribution in [2.75, 3.05) is 13.3 Å². The molecule has 2 aliphatic heterocycles. The van der Waals surface area contributed by atoms with Crippen molar-refractivity contribution in [3.63, 3.8) is 0 Å². The van der Waals surface area contributed by atoms with Gasteiger partial charge in [-0.1, -0.05) is 17.7 Å². The van der Waals surface area contributed by atoms with Crippen LogP contribution in [0.15, 0.2) is 36.4 Å². The Morgan fingerprint density at radius 1 is 1.14 bits per heavy atom. The standard InChI is InChI=1S/C20H15ClN2O5/c21-13-2-3-14-11(7-13)5-6-20(14)18(25)23(19(26)22-20)9-15(24)12-1-4-16-17(8-12)28-10-27-16/h1-4,7-8H,5-6,9-10H2,(H,22,26)/t20-/m0/s1. The molecular weight excluding hydrogens is 384 g/mol. The Bertz CT molecular complexity index is 1050. The first-order chi connectivity index (χ1) is 13.5. The van der Waals surface area contributed by atoms with E-state index in [1.54, 1.807) is 30.3 Å². The maximum atomic E-state index is 13.2. The van der Waals surface area contributed by atoms with Crippen molar-refractivity contribution >= 4 is 29.3 Å². The number of hydrogen-bond acceptors (Lipinski definition) is 5. The van der Waals surface area contributed by atoms with Crippen LogP contribution in [0.25, 0.3) is 0 Å². The van der Waals surface area contributed by atoms with E-state index < -0.39 is 17.5 Å². The van der Waals surface area contributed by atoms with Crippen molar-refractivity contribution < 1.29 is 23.9 Å². The monoisotopic (exact) mass is 398 g/mol. The SMILES string of the molecule is O=C(CN1C(=O)N[C@]2(CCc3cc(Cl)ccc32)C1=O)c1ccc2c(c1)OCO2. The molecule has 28 heavy (non-hydrogen) atoms. The Balaban J connectivity index is 1.41. The van der Waals surface area contributed by atoms with Gasteiger partial charge < -0.3 is 14.8 Å². The van der Waals surface area contributed by atoms with E-state index in [0.717, 1.165) is 16.0 Å². The Hall–Kier alpha value is -3.06. The summed E-state index contributed by atoms with van der Waals surface area (Å²) in [7, 11) is 0. The average Bonchev–Trinajstić information content (AvgIpc) is 3.35. The van der Waals surface area contributed by atoms with E-state index in [4.69, 9.17) is 21.1 Å². The van der Waals surface area contributed by atoms with E-state index in [-0.39, 0.29) is 19.1 Å². The van der Waals surface area contributed by atoms with Gasteiger partial charge in [-0.15, -0.1) is 0 Å². The molecule has 2 aromatic carbocycles. The number of hydrogen-bond donors (Lipinski definition) is 1. The minimum Gasteiger partial charge on any atom is -0.454 e. The van der Waals surface area contributed by atoms with Crippen molar-refractivity contribution in [2.45, 2.75) is 18.4 Å². The van der Waals surface area contributed by atoms with Gasteiger partial charge in [-0.2, -0.15) is 0 Å². The van der Waals surface area contributed by atoms with Crippen LogP contribution in [0.5, 0.6) is 11.5 Å². The molecule has 1 atom stereocenters. The number of halogens is 1. The van der Waals surface area contributed by atoms with Gasteiger partial charge in [0.05, 0.1) is 6.54 Å². The third-order valence-corrected chi connectivity index (χ3v) is 5.70. The lowest BCUT2D eigenvalue weighted by Crippen LogP contribution is -2.42. The Kier molecular flexibility index (Phi) is 3.64. The maximum absolute atomic E-state index is 13.2. The Morgan fingerprint density at radius 2 is 1.96 bits per heavy atom. The molecule has 8 heteroatoms. The van der Waals surface area contributed by atoms with Crippen LogP contribution in [-0.2, 0) is 16.8 Å². The number of carbonyl (C=O) groups excluding carboxylic acids is 3. The zero-order chi connectivity index (χ0) is 19.5. The number of fused-ring (bicyclic) bond motifs is 3. The number of ether oxygens (including phenoxy) is 2. The second kappa shape index (κ2) is 5.97. The molecular formula is C20H15ClN2O5. The van der Waals surface area contributed by atoms with E-state index in [1.165, 1.54) is 0 Å². The highest BCUT2D eigenvalue weighted by Gasteiger charge is 2.55. The molecule has 0 radical (unpaired) electrons. The molecule has 1 fully saturated rings. The van der Waals surface area contributed by atoms with Gasteiger partial charge in [0.2, 0.25) is 6.79 Å². The van der Waals surface area contributed by atoms with Gasteiger partial charge in [-0.05, 0) is 54.3 Å². The van der Waals surface area contributed by atoms with Crippen LogP contribution in [0.2, 0.25) is 5.02 Å². The van der Waals surface area contributed by atoms with E-state index >= 15 is 0 Å². The van der Waals surface area contributed by atoms with Gasteiger partial charge in [-0.3, -0.25) is 14.5 Å². The van der Waals surface area contributed by atoms with Gasteiger partial charge in [0.25, 0.3) is 5.91 Å². The normalized spacial score (nSPS) is 22.0. The zero-order valence-electron chi connectivity index (χ0n) is 14.7. The third-order valence-electron chi connectivity index (χ3n) is 5.47. The maximum Gasteiger partial charge on any atom is 0.325 e. The number of urea groups is 1. The van der Waals surface area contributed by atoms with Crippen LogP contribution >= 0.6 is 11.6 Å². The lowest BCUT2D eigenvalue weighted by molar-refractivity contribution is -0.131. The Morgan fingerprint density at radius 3 is 2.82 bits per heavy atom. The van der Waals surface area contributed by atoms with Crippen LogP contribution in [0.3, 0.4) is 0 Å². The van der Waals surface area contributed by atoms with E-state index in [2.05, 4.69) is 5.32 Å². The van der Waals surface area contributed by atoms with Crippen LogP contribution < -0.4 is 14.8 Å². The fourth-order valence-corrected chi connectivity index (χ4v) is 4.26. The summed E-state index contributed by atoms with van der Waals surface area (Å²) in [6.45, 7) is -0.235. The number of Topliss-reactive ketones (excluding diaryl/α,β-unsaturated/α-hetero) is 1. The molecule has 5 rings (SSSR count).